The van der Waals surface area contributed by atoms with Gasteiger partial charge in [0.15, 0.2) is 23.8 Å². The molecule has 5 fully saturated rings. The van der Waals surface area contributed by atoms with E-state index >= 15 is 0 Å². The predicted octanol–water partition coefficient (Wildman–Crippen LogP) is 5.80. The maximum atomic E-state index is 13.3. The number of carbonyl (C=O) groups excluding carboxylic acids is 2. The molecule has 2 heterocycles. The number of allylic oxidation sites excluding steroid dienone is 1. The highest BCUT2D eigenvalue weighted by molar-refractivity contribution is 5.68. The van der Waals surface area contributed by atoms with E-state index in [1.165, 1.54) is 24.8 Å². The van der Waals surface area contributed by atoms with E-state index in [1.807, 2.05) is 24.3 Å². The van der Waals surface area contributed by atoms with Gasteiger partial charge < -0.3 is 19.7 Å². The van der Waals surface area contributed by atoms with Crippen LogP contribution in [0.3, 0.4) is 0 Å². The van der Waals surface area contributed by atoms with Gasteiger partial charge >= 0.3 is 11.9 Å². The second kappa shape index (κ2) is 14.4. The highest BCUT2D eigenvalue weighted by Crippen LogP contribution is 2.77. The van der Waals surface area contributed by atoms with Gasteiger partial charge in [-0.05, 0) is 117 Å². The van der Waals surface area contributed by atoms with E-state index in [0.29, 0.717) is 47.6 Å². The van der Waals surface area contributed by atoms with E-state index in [2.05, 4.69) is 48.1 Å². The average Bonchev–Trinajstić information content (AvgIpc) is 3.53. The van der Waals surface area contributed by atoms with E-state index < -0.39 is 0 Å². The zero-order valence-electron chi connectivity index (χ0n) is 33.7. The standard InChI is InChI=1S/C46H64N2O6/c1-31(2)34-16-21-46(30-53-39(51)26-47-24-10-8-12-32(47)28-49)23-22-44(6)35(41(34)46)14-15-37-43(5)19-18-38(42(3,4)36(43)17-20-45(37,44)7)54-40(52)27-48-25-11-9-13-33(48)29-50/h8-13,24-25,34-38,41H,1,14-23,26-30H2,2-7H3/t34?,35?,36?,37?,38-,41?,43-,44+,45+,46+/m0/s1. The molecular formula is C46H64N2O6. The molecule has 0 spiro atoms. The lowest BCUT2D eigenvalue weighted by molar-refractivity contribution is -0.702. The number of nitrogens with zero attached hydrogens (tertiary/aromatic N) is 2. The first-order valence-corrected chi connectivity index (χ1v) is 20.7. The van der Waals surface area contributed by atoms with Crippen LogP contribution in [0.4, 0.5) is 0 Å². The zero-order chi connectivity index (χ0) is 38.7. The Morgan fingerprint density at radius 2 is 1.41 bits per heavy atom. The van der Waals surface area contributed by atoms with E-state index in [9.17, 15) is 19.8 Å². The first-order chi connectivity index (χ1) is 25.6. The monoisotopic (exact) mass is 740 g/mol. The third-order valence-electron chi connectivity index (χ3n) is 16.9. The van der Waals surface area contributed by atoms with Crippen LogP contribution in [-0.2, 0) is 45.4 Å². The molecule has 5 saturated carbocycles. The van der Waals surface area contributed by atoms with Gasteiger partial charge in [0.05, 0.1) is 6.61 Å². The Labute approximate surface area is 323 Å². The summed E-state index contributed by atoms with van der Waals surface area (Å²) in [6, 6.07) is 10.9. The van der Waals surface area contributed by atoms with Gasteiger partial charge in [0.1, 0.15) is 6.10 Å². The van der Waals surface area contributed by atoms with Gasteiger partial charge in [0.2, 0.25) is 13.1 Å². The van der Waals surface area contributed by atoms with E-state index in [0.717, 1.165) is 44.9 Å². The fraction of sp³-hybridized carbons (Fsp3) is 0.696. The van der Waals surface area contributed by atoms with Gasteiger partial charge in [0.25, 0.3) is 0 Å². The summed E-state index contributed by atoms with van der Waals surface area (Å²) in [4.78, 5) is 26.7. The van der Waals surface area contributed by atoms with Crippen LogP contribution >= 0.6 is 0 Å². The molecule has 0 aliphatic heterocycles. The smallest absolute Gasteiger partial charge is 0.372 e. The van der Waals surface area contributed by atoms with Crippen LogP contribution in [0.15, 0.2) is 60.9 Å². The van der Waals surface area contributed by atoms with Crippen molar-refractivity contribution in [2.24, 2.45) is 56.7 Å². The number of carbonyl (C=O) groups is 2. The van der Waals surface area contributed by atoms with Crippen molar-refractivity contribution >= 4 is 11.9 Å². The number of hydrogen-bond acceptors (Lipinski definition) is 6. The highest BCUT2D eigenvalue weighted by atomic mass is 16.5. The van der Waals surface area contributed by atoms with Gasteiger partial charge in [-0.15, -0.1) is 0 Å². The van der Waals surface area contributed by atoms with Crippen LogP contribution in [-0.4, -0.2) is 24.6 Å². The lowest BCUT2D eigenvalue weighted by atomic mass is 9.32. The number of hydrogen-bond donors (Lipinski definition) is 0. The average molecular weight is 741 g/mol. The molecule has 5 aliphatic carbocycles. The van der Waals surface area contributed by atoms with Crippen LogP contribution in [0.5, 0.6) is 0 Å². The van der Waals surface area contributed by atoms with Crippen molar-refractivity contribution < 1.29 is 38.4 Å². The quantitative estimate of drug-likeness (QED) is 0.174. The molecule has 0 radical (unpaired) electrons. The van der Waals surface area contributed by atoms with Crippen molar-refractivity contribution in [3.8, 4) is 0 Å². The maximum absolute atomic E-state index is 13.3. The summed E-state index contributed by atoms with van der Waals surface area (Å²) in [5.74, 6) is 1.89. The summed E-state index contributed by atoms with van der Waals surface area (Å²) in [6.07, 6.45) is 14.4. The number of ether oxygens (including phenoxy) is 2. The molecule has 8 heteroatoms. The second-order valence-corrected chi connectivity index (χ2v) is 19.5. The minimum atomic E-state index is -0.370. The lowest BCUT2D eigenvalue weighted by Gasteiger charge is -2.73. The second-order valence-electron chi connectivity index (χ2n) is 19.5. The van der Waals surface area contributed by atoms with Gasteiger partial charge in [0, 0.05) is 35.1 Å². The third kappa shape index (κ3) is 6.26. The van der Waals surface area contributed by atoms with Crippen molar-refractivity contribution in [2.45, 2.75) is 138 Å². The third-order valence-corrected chi connectivity index (χ3v) is 16.9. The summed E-state index contributed by atoms with van der Waals surface area (Å²) in [6.45, 7) is 19.1. The fourth-order valence-corrected chi connectivity index (χ4v) is 14.1. The Bertz CT molecular complexity index is 1760. The highest BCUT2D eigenvalue weighted by Gasteiger charge is 2.71. The predicted molar refractivity (Wildman–Crippen MR) is 200 cm³/mol. The molecule has 7 rings (SSSR count). The van der Waals surface area contributed by atoms with Crippen molar-refractivity contribution in [2.75, 3.05) is 6.61 Å². The molecule has 54 heavy (non-hydrogen) atoms. The molecule has 0 bridgehead atoms. The van der Waals surface area contributed by atoms with Crippen LogP contribution in [0, 0.1) is 56.7 Å². The summed E-state index contributed by atoms with van der Waals surface area (Å²) in [7, 11) is 0. The van der Waals surface area contributed by atoms with Crippen LogP contribution in [0.1, 0.15) is 117 Å². The molecule has 10 atom stereocenters. The Kier molecular flexibility index (Phi) is 10.5. The van der Waals surface area contributed by atoms with Crippen molar-refractivity contribution in [1.82, 2.24) is 0 Å². The fourth-order valence-electron chi connectivity index (χ4n) is 14.1. The van der Waals surface area contributed by atoms with Gasteiger partial charge in [-0.25, -0.2) is 9.59 Å². The largest absolute Gasteiger partial charge is 0.847 e. The molecule has 0 amide bonds. The molecule has 294 valence electrons. The number of pyridine rings is 2. The Morgan fingerprint density at radius 3 is 2.04 bits per heavy atom. The first kappa shape index (κ1) is 39.1. The summed E-state index contributed by atoms with van der Waals surface area (Å²) in [5.41, 5.74) is 2.70. The van der Waals surface area contributed by atoms with E-state index in [-0.39, 0.29) is 71.4 Å². The van der Waals surface area contributed by atoms with Crippen molar-refractivity contribution in [1.29, 1.82) is 0 Å². The van der Waals surface area contributed by atoms with Gasteiger partial charge in [-0.2, -0.15) is 9.13 Å². The molecule has 0 saturated heterocycles. The number of rotatable bonds is 10. The number of esters is 2. The van der Waals surface area contributed by atoms with Crippen LogP contribution in [0.25, 0.3) is 0 Å². The summed E-state index contributed by atoms with van der Waals surface area (Å²) < 4.78 is 16.0. The minimum absolute atomic E-state index is 0.0487. The Morgan fingerprint density at radius 1 is 0.759 bits per heavy atom. The number of aromatic nitrogens is 2. The van der Waals surface area contributed by atoms with Crippen LogP contribution in [0.2, 0.25) is 0 Å². The molecule has 0 N–H and O–H groups in total. The molecular weight excluding hydrogens is 677 g/mol. The molecule has 0 aromatic carbocycles. The lowest BCUT2D eigenvalue weighted by Crippen LogP contribution is -2.67. The minimum Gasteiger partial charge on any atom is -0.847 e. The van der Waals surface area contributed by atoms with E-state index in [1.54, 1.807) is 33.7 Å². The summed E-state index contributed by atoms with van der Waals surface area (Å²) >= 11 is 0. The Hall–Kier alpha value is -3.10. The molecule has 2 aromatic heterocycles. The SMILES string of the molecule is C=C(C)C1CC[C@]2(COC(=O)C[n+]3ccccc3C[O-])CC[C@]3(C)C(CCC4[C@@]5(C)CC[C@H](OC(=O)C[n+]6ccccc6C[O-])C(C)(C)C5CC[C@]43C)C12. The normalized spacial score (nSPS) is 37.9. The number of fused-ring (bicyclic) bond motifs is 7. The van der Waals surface area contributed by atoms with Gasteiger partial charge in [-0.3, -0.25) is 0 Å². The zero-order valence-corrected chi connectivity index (χ0v) is 33.7. The first-order valence-electron chi connectivity index (χ1n) is 20.7. The molecule has 2 aromatic rings. The Balaban J connectivity index is 1.09. The summed E-state index contributed by atoms with van der Waals surface area (Å²) in [5, 5.41) is 23.4. The topological polar surface area (TPSA) is 106 Å². The van der Waals surface area contributed by atoms with Gasteiger partial charge in [-0.1, -0.05) is 72.1 Å². The van der Waals surface area contributed by atoms with Crippen LogP contribution < -0.4 is 19.3 Å². The van der Waals surface area contributed by atoms with Crippen molar-refractivity contribution in [3.63, 3.8) is 0 Å². The molecule has 5 aliphatic rings. The van der Waals surface area contributed by atoms with Crippen molar-refractivity contribution in [3.05, 3.63) is 72.3 Å². The maximum Gasteiger partial charge on any atom is 0.372 e. The van der Waals surface area contributed by atoms with E-state index in [4.69, 9.17) is 9.47 Å². The molecule has 5 unspecified atom stereocenters. The molecule has 8 nitrogen and oxygen atoms in total.